The van der Waals surface area contributed by atoms with E-state index in [9.17, 15) is 4.79 Å². The number of thioether (sulfide) groups is 1. The molecule has 0 N–H and O–H groups in total. The van der Waals surface area contributed by atoms with Crippen LogP contribution in [0.15, 0.2) is 34.5 Å². The maximum absolute atomic E-state index is 11.8. The molecule has 1 aromatic rings. The van der Waals surface area contributed by atoms with E-state index in [1.54, 1.807) is 11.1 Å². The topological polar surface area (TPSA) is 45.0 Å². The average Bonchev–Trinajstić information content (AvgIpc) is 3.20. The van der Waals surface area contributed by atoms with Crippen LogP contribution < -0.4 is 0 Å². The molecular weight excluding hydrogens is 294 g/mol. The highest BCUT2D eigenvalue weighted by atomic mass is 35.5. The minimum Gasteiger partial charge on any atom is -0.289 e. The highest BCUT2D eigenvalue weighted by molar-refractivity contribution is 8.15. The van der Waals surface area contributed by atoms with E-state index < -0.39 is 0 Å². The Bertz CT molecular complexity index is 584. The fourth-order valence-corrected chi connectivity index (χ4v) is 2.96. The van der Waals surface area contributed by atoms with E-state index in [0.717, 1.165) is 12.1 Å². The second-order valence-corrected chi connectivity index (χ2v) is 6.23. The molecule has 0 radical (unpaired) electrons. The molecule has 0 unspecified atom stereocenters. The van der Waals surface area contributed by atoms with E-state index in [2.05, 4.69) is 10.2 Å². The molecule has 1 aliphatic heterocycles. The summed E-state index contributed by atoms with van der Waals surface area (Å²) in [5.74, 6) is 1.25. The third-order valence-corrected chi connectivity index (χ3v) is 4.54. The number of amides is 1. The van der Waals surface area contributed by atoms with Crippen molar-refractivity contribution >= 4 is 40.7 Å². The van der Waals surface area contributed by atoms with Crippen molar-refractivity contribution in [3.05, 3.63) is 34.9 Å². The van der Waals surface area contributed by atoms with Gasteiger partial charge >= 0.3 is 0 Å². The monoisotopic (exact) mass is 307 g/mol. The van der Waals surface area contributed by atoms with Crippen LogP contribution in [-0.2, 0) is 4.79 Å². The van der Waals surface area contributed by atoms with Gasteiger partial charge < -0.3 is 0 Å². The summed E-state index contributed by atoms with van der Waals surface area (Å²) in [6.07, 6.45) is 4.04. The summed E-state index contributed by atoms with van der Waals surface area (Å²) in [4.78, 5) is 13.5. The molecule has 3 rings (SSSR count). The summed E-state index contributed by atoms with van der Waals surface area (Å²) in [6, 6.07) is 7.45. The summed E-state index contributed by atoms with van der Waals surface area (Å²) >= 11 is 7.49. The lowest BCUT2D eigenvalue weighted by atomic mass is 10.2. The second kappa shape index (κ2) is 5.97. The first-order valence-corrected chi connectivity index (χ1v) is 7.89. The van der Waals surface area contributed by atoms with E-state index in [1.165, 1.54) is 24.6 Å². The van der Waals surface area contributed by atoms with Crippen LogP contribution >= 0.6 is 23.4 Å². The van der Waals surface area contributed by atoms with Crippen molar-refractivity contribution in [3.63, 3.8) is 0 Å². The Labute approximate surface area is 126 Å². The molecule has 4 nitrogen and oxygen atoms in total. The van der Waals surface area contributed by atoms with Crippen molar-refractivity contribution in [2.24, 2.45) is 16.1 Å². The number of amidine groups is 1. The molecule has 1 aromatic carbocycles. The van der Waals surface area contributed by atoms with Gasteiger partial charge in [0.15, 0.2) is 5.17 Å². The Hall–Kier alpha value is -1.33. The normalized spacial score (nSPS) is 21.4. The molecular formula is C14H14ClN3OS. The first-order valence-electron chi connectivity index (χ1n) is 6.53. The zero-order chi connectivity index (χ0) is 13.9. The molecule has 6 heteroatoms. The van der Waals surface area contributed by atoms with Crippen molar-refractivity contribution in [3.8, 4) is 0 Å². The standard InChI is InChI=1S/C14H14ClN3OS/c15-12-4-2-1-3-11(12)7-16-17-14-18(8-10-5-6-10)13(19)9-20-14/h1-4,7,10H,5-6,8-9H2. The van der Waals surface area contributed by atoms with Gasteiger partial charge in [-0.05, 0) is 24.8 Å². The van der Waals surface area contributed by atoms with Gasteiger partial charge in [0.2, 0.25) is 5.91 Å². The number of carbonyl (C=O) groups is 1. The zero-order valence-electron chi connectivity index (χ0n) is 10.8. The maximum atomic E-state index is 11.8. The predicted octanol–water partition coefficient (Wildman–Crippen LogP) is 3.02. The minimum atomic E-state index is 0.133. The molecule has 1 amide bonds. The molecule has 1 saturated carbocycles. The van der Waals surface area contributed by atoms with Gasteiger partial charge in [-0.2, -0.15) is 5.10 Å². The van der Waals surface area contributed by atoms with Crippen LogP contribution in [0.5, 0.6) is 0 Å². The van der Waals surface area contributed by atoms with Crippen LogP contribution in [0.1, 0.15) is 18.4 Å². The molecule has 0 aromatic heterocycles. The van der Waals surface area contributed by atoms with Crippen molar-refractivity contribution in [2.45, 2.75) is 12.8 Å². The van der Waals surface area contributed by atoms with Crippen LogP contribution in [0.2, 0.25) is 5.02 Å². The Morgan fingerprint density at radius 2 is 2.20 bits per heavy atom. The highest BCUT2D eigenvalue weighted by Crippen LogP contribution is 2.32. The van der Waals surface area contributed by atoms with Gasteiger partial charge in [0.25, 0.3) is 0 Å². The number of hydrogen-bond acceptors (Lipinski definition) is 4. The lowest BCUT2D eigenvalue weighted by Gasteiger charge is -2.13. The van der Waals surface area contributed by atoms with Gasteiger partial charge in [-0.15, -0.1) is 5.10 Å². The van der Waals surface area contributed by atoms with Crippen LogP contribution in [0.3, 0.4) is 0 Å². The van der Waals surface area contributed by atoms with Crippen molar-refractivity contribution in [1.29, 1.82) is 0 Å². The van der Waals surface area contributed by atoms with Gasteiger partial charge in [0.1, 0.15) is 0 Å². The van der Waals surface area contributed by atoms with Crippen LogP contribution in [0, 0.1) is 5.92 Å². The Balaban J connectivity index is 1.71. The summed E-state index contributed by atoms with van der Waals surface area (Å²) in [5.41, 5.74) is 0.821. The van der Waals surface area contributed by atoms with Gasteiger partial charge in [0.05, 0.1) is 12.0 Å². The third kappa shape index (κ3) is 3.22. The van der Waals surface area contributed by atoms with Crippen LogP contribution in [-0.4, -0.2) is 34.5 Å². The van der Waals surface area contributed by atoms with Gasteiger partial charge in [-0.1, -0.05) is 41.6 Å². The van der Waals surface area contributed by atoms with Crippen LogP contribution in [0.25, 0.3) is 0 Å². The number of rotatable bonds is 4. The molecule has 0 atom stereocenters. The summed E-state index contributed by atoms with van der Waals surface area (Å²) in [7, 11) is 0. The Morgan fingerprint density at radius 1 is 1.40 bits per heavy atom. The SMILES string of the molecule is O=C1CSC(=NN=Cc2ccccc2Cl)N1CC1CC1. The smallest absolute Gasteiger partial charge is 0.239 e. The first kappa shape index (κ1) is 13.6. The summed E-state index contributed by atoms with van der Waals surface area (Å²) < 4.78 is 0. The fraction of sp³-hybridized carbons (Fsp3) is 0.357. The summed E-state index contributed by atoms with van der Waals surface area (Å²) in [6.45, 7) is 0.784. The van der Waals surface area contributed by atoms with E-state index in [-0.39, 0.29) is 5.91 Å². The molecule has 104 valence electrons. The minimum absolute atomic E-state index is 0.133. The second-order valence-electron chi connectivity index (χ2n) is 4.89. The highest BCUT2D eigenvalue weighted by Gasteiger charge is 2.33. The number of hydrogen-bond donors (Lipinski definition) is 0. The largest absolute Gasteiger partial charge is 0.289 e. The quantitative estimate of drug-likeness (QED) is 0.634. The van der Waals surface area contributed by atoms with Crippen molar-refractivity contribution < 1.29 is 4.79 Å². The Morgan fingerprint density at radius 3 is 2.95 bits per heavy atom. The lowest BCUT2D eigenvalue weighted by molar-refractivity contribution is -0.124. The first-order chi connectivity index (χ1) is 9.74. The molecule has 2 fully saturated rings. The zero-order valence-corrected chi connectivity index (χ0v) is 12.4. The molecule has 1 saturated heterocycles. The number of benzene rings is 1. The molecule has 1 heterocycles. The van der Waals surface area contributed by atoms with Crippen LogP contribution in [0.4, 0.5) is 0 Å². The summed E-state index contributed by atoms with van der Waals surface area (Å²) in [5, 5.41) is 9.57. The van der Waals surface area contributed by atoms with E-state index in [0.29, 0.717) is 21.9 Å². The van der Waals surface area contributed by atoms with Gasteiger partial charge in [-0.25, -0.2) is 0 Å². The lowest BCUT2D eigenvalue weighted by Crippen LogP contribution is -2.31. The average molecular weight is 308 g/mol. The van der Waals surface area contributed by atoms with Crippen molar-refractivity contribution in [2.75, 3.05) is 12.3 Å². The number of nitrogens with zero attached hydrogens (tertiary/aromatic N) is 3. The number of carbonyl (C=O) groups excluding carboxylic acids is 1. The van der Waals surface area contributed by atoms with Crippen molar-refractivity contribution in [1.82, 2.24) is 4.90 Å². The molecule has 20 heavy (non-hydrogen) atoms. The molecule has 0 spiro atoms. The van der Waals surface area contributed by atoms with Gasteiger partial charge in [-0.3, -0.25) is 9.69 Å². The van der Waals surface area contributed by atoms with E-state index in [4.69, 9.17) is 11.6 Å². The van der Waals surface area contributed by atoms with E-state index in [1.807, 2.05) is 24.3 Å². The molecule has 1 aliphatic carbocycles. The molecule has 2 aliphatic rings. The molecule has 0 bridgehead atoms. The van der Waals surface area contributed by atoms with E-state index >= 15 is 0 Å². The predicted molar refractivity (Wildman–Crippen MR) is 83.4 cm³/mol. The maximum Gasteiger partial charge on any atom is 0.239 e. The van der Waals surface area contributed by atoms with Gasteiger partial charge in [0, 0.05) is 17.1 Å². The Kier molecular flexibility index (Phi) is 4.08. The third-order valence-electron chi connectivity index (χ3n) is 3.24. The number of halogens is 1. The fourth-order valence-electron chi connectivity index (χ4n) is 1.93.